The Morgan fingerprint density at radius 2 is 1.72 bits per heavy atom. The van der Waals surface area contributed by atoms with Crippen LogP contribution in [0.5, 0.6) is 0 Å². The second kappa shape index (κ2) is 7.82. The monoisotopic (exact) mass is 441 g/mol. The van der Waals surface area contributed by atoms with E-state index in [1.165, 1.54) is 10.4 Å². The SMILES string of the molecule is CCC[C@H]1C(=O)N(S(C)(=O)=O)C2=CCN(S(=O)(=O)c3ccc(CN(C)C)cc3)[C@@H]21. The molecule has 1 amide bonds. The van der Waals surface area contributed by atoms with Crippen LogP contribution in [0, 0.1) is 5.92 Å². The minimum absolute atomic E-state index is 0.0430. The van der Waals surface area contributed by atoms with Crippen LogP contribution in [0.3, 0.4) is 0 Å². The van der Waals surface area contributed by atoms with Crippen molar-refractivity contribution >= 4 is 26.0 Å². The van der Waals surface area contributed by atoms with Crippen molar-refractivity contribution in [2.75, 3.05) is 26.9 Å². The maximum atomic E-state index is 13.3. The summed E-state index contributed by atoms with van der Waals surface area (Å²) >= 11 is 0. The second-order valence-corrected chi connectivity index (χ2v) is 11.5. The van der Waals surface area contributed by atoms with Gasteiger partial charge in [-0.1, -0.05) is 25.5 Å². The average molecular weight is 442 g/mol. The van der Waals surface area contributed by atoms with Gasteiger partial charge in [-0.05, 0) is 44.3 Å². The molecule has 0 aromatic heterocycles. The highest BCUT2D eigenvalue weighted by Gasteiger charge is 2.55. The molecule has 0 unspecified atom stereocenters. The van der Waals surface area contributed by atoms with E-state index < -0.39 is 37.9 Å². The zero-order valence-corrected chi connectivity index (χ0v) is 18.7. The topological polar surface area (TPSA) is 95.1 Å². The average Bonchev–Trinajstić information content (AvgIpc) is 3.13. The van der Waals surface area contributed by atoms with Crippen LogP contribution in [0.1, 0.15) is 25.3 Å². The zero-order valence-electron chi connectivity index (χ0n) is 17.1. The maximum Gasteiger partial charge on any atom is 0.245 e. The number of nitrogens with zero attached hydrogens (tertiary/aromatic N) is 3. The van der Waals surface area contributed by atoms with Gasteiger partial charge in [-0.25, -0.2) is 21.1 Å². The van der Waals surface area contributed by atoms with Crippen molar-refractivity contribution in [1.29, 1.82) is 0 Å². The molecule has 2 heterocycles. The van der Waals surface area contributed by atoms with E-state index in [1.807, 2.05) is 25.9 Å². The smallest absolute Gasteiger partial charge is 0.245 e. The van der Waals surface area contributed by atoms with Gasteiger partial charge >= 0.3 is 0 Å². The molecule has 1 fully saturated rings. The summed E-state index contributed by atoms with van der Waals surface area (Å²) < 4.78 is 53.1. The molecule has 0 spiro atoms. The van der Waals surface area contributed by atoms with Gasteiger partial charge in [0.25, 0.3) is 0 Å². The molecule has 0 aliphatic carbocycles. The van der Waals surface area contributed by atoms with Crippen molar-refractivity contribution in [3.05, 3.63) is 41.6 Å². The molecule has 2 atom stereocenters. The van der Waals surface area contributed by atoms with Crippen LogP contribution in [0.4, 0.5) is 0 Å². The molecule has 0 radical (unpaired) electrons. The third-order valence-corrected chi connectivity index (χ3v) is 8.10. The molecular weight excluding hydrogens is 414 g/mol. The molecular formula is C19H27N3O5S2. The van der Waals surface area contributed by atoms with E-state index in [9.17, 15) is 21.6 Å². The number of amides is 1. The Kier molecular flexibility index (Phi) is 5.92. The molecule has 1 saturated heterocycles. The number of hydrogen-bond acceptors (Lipinski definition) is 6. The van der Waals surface area contributed by atoms with Crippen LogP contribution in [0.25, 0.3) is 0 Å². The van der Waals surface area contributed by atoms with Crippen molar-refractivity contribution in [3.63, 3.8) is 0 Å². The van der Waals surface area contributed by atoms with Gasteiger partial charge in [0.2, 0.25) is 26.0 Å². The lowest BCUT2D eigenvalue weighted by atomic mass is 9.97. The molecule has 2 aliphatic heterocycles. The Bertz CT molecular complexity index is 1030. The van der Waals surface area contributed by atoms with E-state index in [1.54, 1.807) is 24.3 Å². The Morgan fingerprint density at radius 1 is 1.10 bits per heavy atom. The number of hydrogen-bond donors (Lipinski definition) is 0. The van der Waals surface area contributed by atoms with Gasteiger partial charge < -0.3 is 4.90 Å². The lowest BCUT2D eigenvalue weighted by Crippen LogP contribution is -2.41. The van der Waals surface area contributed by atoms with Crippen LogP contribution in [0.15, 0.2) is 40.9 Å². The largest absolute Gasteiger partial charge is 0.305 e. The summed E-state index contributed by atoms with van der Waals surface area (Å²) in [7, 11) is -3.84. The summed E-state index contributed by atoms with van der Waals surface area (Å²) in [6, 6.07) is 5.87. The molecule has 3 rings (SSSR count). The molecule has 10 heteroatoms. The fourth-order valence-corrected chi connectivity index (χ4v) is 6.65. The predicted octanol–water partition coefficient (Wildman–Crippen LogP) is 1.22. The van der Waals surface area contributed by atoms with Crippen molar-refractivity contribution < 1.29 is 21.6 Å². The molecule has 1 aromatic rings. The fourth-order valence-electron chi connectivity index (χ4n) is 4.05. The second-order valence-electron chi connectivity index (χ2n) is 7.79. The molecule has 160 valence electrons. The van der Waals surface area contributed by atoms with Gasteiger partial charge in [-0.15, -0.1) is 0 Å². The Balaban J connectivity index is 1.96. The molecule has 0 saturated carbocycles. The Morgan fingerprint density at radius 3 is 2.24 bits per heavy atom. The van der Waals surface area contributed by atoms with Crippen molar-refractivity contribution in [3.8, 4) is 0 Å². The zero-order chi connectivity index (χ0) is 21.6. The standard InChI is InChI=1S/C19H27N3O5S2/c1-5-6-16-18-17(22(19(16)23)28(4,24)25)11-12-21(18)29(26,27)15-9-7-14(8-10-15)13-20(2)3/h7-11,16,18H,5-6,12-13H2,1-4H3/t16-,18-/m1/s1. The normalized spacial score (nSPS) is 23.0. The number of benzene rings is 1. The summed E-state index contributed by atoms with van der Waals surface area (Å²) in [4.78, 5) is 14.9. The highest BCUT2D eigenvalue weighted by molar-refractivity contribution is 7.89. The molecule has 0 bridgehead atoms. The first-order chi connectivity index (χ1) is 13.5. The van der Waals surface area contributed by atoms with E-state index >= 15 is 0 Å². The Hall–Kier alpha value is -1.75. The van der Waals surface area contributed by atoms with E-state index in [0.717, 1.165) is 16.1 Å². The first kappa shape index (κ1) is 21.9. The Labute approximate surface area is 172 Å². The first-order valence-corrected chi connectivity index (χ1v) is 12.8. The molecule has 8 nitrogen and oxygen atoms in total. The maximum absolute atomic E-state index is 13.3. The van der Waals surface area contributed by atoms with E-state index in [4.69, 9.17) is 0 Å². The number of sulfonamides is 2. The van der Waals surface area contributed by atoms with Gasteiger partial charge in [0.15, 0.2) is 0 Å². The first-order valence-electron chi connectivity index (χ1n) is 9.48. The van der Waals surface area contributed by atoms with Gasteiger partial charge in [-0.2, -0.15) is 4.31 Å². The molecule has 0 N–H and O–H groups in total. The van der Waals surface area contributed by atoms with Gasteiger partial charge in [-0.3, -0.25) is 4.79 Å². The molecule has 29 heavy (non-hydrogen) atoms. The van der Waals surface area contributed by atoms with Crippen molar-refractivity contribution in [2.45, 2.75) is 37.2 Å². The minimum Gasteiger partial charge on any atom is -0.305 e. The third-order valence-electron chi connectivity index (χ3n) is 5.19. The minimum atomic E-state index is -3.89. The summed E-state index contributed by atoms with van der Waals surface area (Å²) in [5, 5.41) is 0. The molecule has 1 aromatic carbocycles. The van der Waals surface area contributed by atoms with Crippen LogP contribution < -0.4 is 0 Å². The predicted molar refractivity (Wildman–Crippen MR) is 110 cm³/mol. The van der Waals surface area contributed by atoms with Gasteiger partial charge in [0.05, 0.1) is 28.8 Å². The summed E-state index contributed by atoms with van der Waals surface area (Å²) in [6.45, 7) is 2.62. The molecule has 2 aliphatic rings. The number of carbonyl (C=O) groups is 1. The van der Waals surface area contributed by atoms with Gasteiger partial charge in [0, 0.05) is 13.1 Å². The van der Waals surface area contributed by atoms with Crippen LogP contribution >= 0.6 is 0 Å². The number of rotatable bonds is 7. The fraction of sp³-hybridized carbons (Fsp3) is 0.526. The quantitative estimate of drug-likeness (QED) is 0.632. The third kappa shape index (κ3) is 3.98. The number of fused-ring (bicyclic) bond motifs is 1. The van der Waals surface area contributed by atoms with Crippen LogP contribution in [-0.4, -0.2) is 69.2 Å². The summed E-state index contributed by atoms with van der Waals surface area (Å²) in [6.07, 6.45) is 3.57. The van der Waals surface area contributed by atoms with Gasteiger partial charge in [0.1, 0.15) is 0 Å². The highest BCUT2D eigenvalue weighted by Crippen LogP contribution is 2.42. The summed E-state index contributed by atoms with van der Waals surface area (Å²) in [5.41, 5.74) is 1.24. The highest BCUT2D eigenvalue weighted by atomic mass is 32.2. The van der Waals surface area contributed by atoms with Crippen LogP contribution in [0.2, 0.25) is 0 Å². The lowest BCUT2D eigenvalue weighted by molar-refractivity contribution is -0.127. The van der Waals surface area contributed by atoms with E-state index in [-0.39, 0.29) is 17.1 Å². The van der Waals surface area contributed by atoms with E-state index in [0.29, 0.717) is 19.4 Å². The van der Waals surface area contributed by atoms with E-state index in [2.05, 4.69) is 0 Å². The van der Waals surface area contributed by atoms with Crippen molar-refractivity contribution in [1.82, 2.24) is 13.5 Å². The summed E-state index contributed by atoms with van der Waals surface area (Å²) in [5.74, 6) is -1.25. The van der Waals surface area contributed by atoms with Crippen molar-refractivity contribution in [2.24, 2.45) is 5.92 Å². The van der Waals surface area contributed by atoms with Crippen LogP contribution in [-0.2, 0) is 31.4 Å². The lowest BCUT2D eigenvalue weighted by Gasteiger charge is -2.26. The number of carbonyl (C=O) groups excluding carboxylic acids is 1.